The molecule has 53 heavy (non-hydrogen) atoms. The molecule has 0 radical (unpaired) electrons. The summed E-state index contributed by atoms with van der Waals surface area (Å²) in [6, 6.07) is 65.3. The van der Waals surface area contributed by atoms with Crippen molar-refractivity contribution in [2.45, 2.75) is 13.8 Å². The summed E-state index contributed by atoms with van der Waals surface area (Å²) in [6.07, 6.45) is 0. The maximum Gasteiger partial charge on any atom is 0.143 e. The Hall–Kier alpha value is -6.84. The Balaban J connectivity index is 0.00000172. The molecule has 3 aromatic heterocycles. The fourth-order valence-electron chi connectivity index (χ4n) is 8.27. The van der Waals surface area contributed by atoms with Gasteiger partial charge in [0.05, 0.1) is 22.1 Å². The highest BCUT2D eigenvalue weighted by molar-refractivity contribution is 6.16. The predicted molar refractivity (Wildman–Crippen MR) is 225 cm³/mol. The Morgan fingerprint density at radius 1 is 0.321 bits per heavy atom. The van der Waals surface area contributed by atoms with Crippen LogP contribution in [-0.4, -0.2) is 9.13 Å². The summed E-state index contributed by atoms with van der Waals surface area (Å²) >= 11 is 0. The van der Waals surface area contributed by atoms with E-state index in [-0.39, 0.29) is 0 Å². The van der Waals surface area contributed by atoms with E-state index >= 15 is 0 Å². The minimum atomic E-state index is 0.910. The highest BCUT2D eigenvalue weighted by Crippen LogP contribution is 2.43. The zero-order valence-electron chi connectivity index (χ0n) is 29.6. The first-order chi connectivity index (χ1) is 26.3. The smallest absolute Gasteiger partial charge is 0.143 e. The lowest BCUT2D eigenvalue weighted by molar-refractivity contribution is 0.671. The molecule has 0 saturated carbocycles. The number of fused-ring (bicyclic) bond motifs is 9. The average Bonchev–Trinajstić information content (AvgIpc) is 3.89. The molecule has 3 nitrogen and oxygen atoms in total. The molecule has 0 atom stereocenters. The molecule has 252 valence electrons. The summed E-state index contributed by atoms with van der Waals surface area (Å²) < 4.78 is 11.7. The molecule has 0 fully saturated rings. The second-order valence-electron chi connectivity index (χ2n) is 13.3. The van der Waals surface area contributed by atoms with E-state index in [2.05, 4.69) is 191 Å². The molecule has 0 saturated heterocycles. The summed E-state index contributed by atoms with van der Waals surface area (Å²) in [6.45, 7) is 4.00. The van der Waals surface area contributed by atoms with Crippen molar-refractivity contribution in [3.05, 3.63) is 182 Å². The van der Waals surface area contributed by atoms with Gasteiger partial charge in [-0.25, -0.2) is 0 Å². The van der Waals surface area contributed by atoms with Crippen LogP contribution in [0.15, 0.2) is 186 Å². The predicted octanol–water partition coefficient (Wildman–Crippen LogP) is 14.1. The van der Waals surface area contributed by atoms with Crippen molar-refractivity contribution in [3.63, 3.8) is 0 Å². The van der Waals surface area contributed by atoms with Gasteiger partial charge in [0.1, 0.15) is 11.2 Å². The lowest BCUT2D eigenvalue weighted by Gasteiger charge is -2.08. The molecule has 0 bridgehead atoms. The number of furan rings is 1. The highest BCUT2D eigenvalue weighted by atomic mass is 16.3. The van der Waals surface area contributed by atoms with Gasteiger partial charge in [0.15, 0.2) is 0 Å². The van der Waals surface area contributed by atoms with Crippen molar-refractivity contribution in [2.24, 2.45) is 0 Å². The molecule has 0 amide bonds. The van der Waals surface area contributed by atoms with Crippen molar-refractivity contribution in [1.29, 1.82) is 0 Å². The summed E-state index contributed by atoms with van der Waals surface area (Å²) in [5.41, 5.74) is 13.4. The molecule has 0 unspecified atom stereocenters. The van der Waals surface area contributed by atoms with Gasteiger partial charge in [-0.15, -0.1) is 0 Å². The topological polar surface area (TPSA) is 23.0 Å². The fourth-order valence-corrected chi connectivity index (χ4v) is 8.27. The Bertz CT molecular complexity index is 2910. The van der Waals surface area contributed by atoms with Gasteiger partial charge < -0.3 is 13.6 Å². The van der Waals surface area contributed by atoms with Gasteiger partial charge in [0.2, 0.25) is 0 Å². The van der Waals surface area contributed by atoms with Gasteiger partial charge in [-0.05, 0) is 71.8 Å². The summed E-state index contributed by atoms with van der Waals surface area (Å²) in [5, 5.41) is 7.17. The van der Waals surface area contributed by atoms with Gasteiger partial charge in [-0.2, -0.15) is 0 Å². The molecule has 3 heteroatoms. The van der Waals surface area contributed by atoms with Gasteiger partial charge >= 0.3 is 0 Å². The Morgan fingerprint density at radius 3 is 1.15 bits per heavy atom. The largest absolute Gasteiger partial charge is 0.455 e. The average molecular weight is 681 g/mol. The van der Waals surface area contributed by atoms with Gasteiger partial charge in [0, 0.05) is 54.8 Å². The van der Waals surface area contributed by atoms with E-state index < -0.39 is 0 Å². The van der Waals surface area contributed by atoms with Crippen LogP contribution in [0, 0.1) is 0 Å². The molecule has 3 heterocycles. The molecule has 8 aromatic carbocycles. The van der Waals surface area contributed by atoms with Crippen molar-refractivity contribution in [2.75, 3.05) is 0 Å². The lowest BCUT2D eigenvalue weighted by atomic mass is 9.98. The zero-order chi connectivity index (χ0) is 35.5. The number of rotatable bonds is 4. The zero-order valence-corrected chi connectivity index (χ0v) is 29.6. The molecule has 11 rings (SSSR count). The molecular formula is C50H36N2O. The first-order valence-corrected chi connectivity index (χ1v) is 18.4. The third kappa shape index (κ3) is 4.74. The molecule has 0 aliphatic heterocycles. The lowest BCUT2D eigenvalue weighted by Crippen LogP contribution is -1.92. The van der Waals surface area contributed by atoms with Crippen LogP contribution < -0.4 is 0 Å². The molecule has 0 aliphatic rings. The SMILES string of the molecule is CC.c1ccc(-n2c3ccccc3c3cc(-c4cccc5c4oc4c(-c6ccc7c(c6)c6ccccc6n7-c6ccccc6)cccc45)ccc32)cc1. The van der Waals surface area contributed by atoms with Gasteiger partial charge in [-0.1, -0.05) is 135 Å². The van der Waals surface area contributed by atoms with Crippen molar-refractivity contribution in [1.82, 2.24) is 9.13 Å². The second kappa shape index (κ2) is 12.4. The normalized spacial score (nSPS) is 11.6. The summed E-state index contributed by atoms with van der Waals surface area (Å²) in [5.74, 6) is 0. The number of para-hydroxylation sites is 6. The molecule has 0 spiro atoms. The Labute approximate surface area is 307 Å². The summed E-state index contributed by atoms with van der Waals surface area (Å²) in [7, 11) is 0. The van der Waals surface area contributed by atoms with E-state index in [1.165, 1.54) is 43.6 Å². The van der Waals surface area contributed by atoms with Crippen LogP contribution in [0.25, 0.3) is 99.2 Å². The molecule has 11 aromatic rings. The monoisotopic (exact) mass is 680 g/mol. The number of hydrogen-bond donors (Lipinski definition) is 0. The summed E-state index contributed by atoms with van der Waals surface area (Å²) in [4.78, 5) is 0. The molecule has 0 N–H and O–H groups in total. The fraction of sp³-hybridized carbons (Fsp3) is 0.0400. The van der Waals surface area contributed by atoms with Gasteiger partial charge in [-0.3, -0.25) is 0 Å². The van der Waals surface area contributed by atoms with E-state index in [9.17, 15) is 0 Å². The number of nitrogens with zero attached hydrogens (tertiary/aromatic N) is 2. The maximum atomic E-state index is 6.96. The van der Waals surface area contributed by atoms with E-state index in [0.29, 0.717) is 0 Å². The highest BCUT2D eigenvalue weighted by Gasteiger charge is 2.19. The number of aromatic nitrogens is 2. The van der Waals surface area contributed by atoms with Crippen molar-refractivity contribution >= 4 is 65.6 Å². The van der Waals surface area contributed by atoms with E-state index in [1.54, 1.807) is 0 Å². The molecule has 0 aliphatic carbocycles. The molecular weight excluding hydrogens is 645 g/mol. The van der Waals surface area contributed by atoms with E-state index in [4.69, 9.17) is 4.42 Å². The van der Waals surface area contributed by atoms with Crippen LogP contribution in [0.5, 0.6) is 0 Å². The maximum absolute atomic E-state index is 6.96. The van der Waals surface area contributed by atoms with Crippen LogP contribution in [-0.2, 0) is 0 Å². The Kier molecular flexibility index (Phi) is 7.26. The van der Waals surface area contributed by atoms with Crippen LogP contribution in [0.1, 0.15) is 13.8 Å². The minimum absolute atomic E-state index is 0.910. The first-order valence-electron chi connectivity index (χ1n) is 18.4. The third-order valence-electron chi connectivity index (χ3n) is 10.5. The second-order valence-corrected chi connectivity index (χ2v) is 13.3. The van der Waals surface area contributed by atoms with Crippen LogP contribution in [0.3, 0.4) is 0 Å². The first kappa shape index (κ1) is 30.9. The van der Waals surface area contributed by atoms with E-state index in [0.717, 1.165) is 55.6 Å². The number of hydrogen-bond acceptors (Lipinski definition) is 1. The minimum Gasteiger partial charge on any atom is -0.455 e. The van der Waals surface area contributed by atoms with Crippen LogP contribution in [0.4, 0.5) is 0 Å². The standard InChI is InChI=1S/C48H30N2O.C2H6/c1-3-13-33(14-4-1)49-43-23-9-7-17-37(43)41-29-31(25-27-45(41)49)35-19-11-21-39-40-22-12-20-36(48(40)51-47(35)39)32-26-28-46-42(30-32)38-18-8-10-24-44(38)50(46)34-15-5-2-6-16-34;1-2/h1-30H;1-2H3. The van der Waals surface area contributed by atoms with Crippen molar-refractivity contribution < 1.29 is 4.42 Å². The third-order valence-corrected chi connectivity index (χ3v) is 10.5. The van der Waals surface area contributed by atoms with Gasteiger partial charge in [0.25, 0.3) is 0 Å². The number of benzene rings is 8. The Morgan fingerprint density at radius 2 is 0.698 bits per heavy atom. The quantitative estimate of drug-likeness (QED) is 0.181. The van der Waals surface area contributed by atoms with E-state index in [1.807, 2.05) is 13.8 Å². The van der Waals surface area contributed by atoms with Crippen molar-refractivity contribution in [3.8, 4) is 33.6 Å². The van der Waals surface area contributed by atoms with Crippen LogP contribution in [0.2, 0.25) is 0 Å². The van der Waals surface area contributed by atoms with Crippen LogP contribution >= 0.6 is 0 Å².